The first-order chi connectivity index (χ1) is 8.03. The molecule has 1 aliphatic rings. The fourth-order valence-corrected chi connectivity index (χ4v) is 2.94. The molecule has 1 aliphatic carbocycles. The number of carbonyl (C=O) groups is 1. The normalized spacial score (nSPS) is 27.8. The Hall–Kier alpha value is -0.590. The zero-order chi connectivity index (χ0) is 12.9. The highest BCUT2D eigenvalue weighted by Gasteiger charge is 2.32. The van der Waals surface area contributed by atoms with Gasteiger partial charge < -0.3 is 0 Å². The van der Waals surface area contributed by atoms with Crippen LogP contribution in [0.2, 0.25) is 0 Å². The Bertz CT molecular complexity index is 279. The average molecular weight is 236 g/mol. The fourth-order valence-electron chi connectivity index (χ4n) is 2.94. The second kappa shape index (κ2) is 6.37. The first-order valence-electron chi connectivity index (χ1n) is 7.22. The molecule has 0 aromatic carbocycles. The van der Waals surface area contributed by atoms with Crippen molar-refractivity contribution in [1.82, 2.24) is 0 Å². The summed E-state index contributed by atoms with van der Waals surface area (Å²) in [5.41, 5.74) is 0.439. The van der Waals surface area contributed by atoms with E-state index in [-0.39, 0.29) is 5.92 Å². The van der Waals surface area contributed by atoms with Crippen molar-refractivity contribution in [2.45, 2.75) is 66.2 Å². The highest BCUT2D eigenvalue weighted by molar-refractivity contribution is 5.80. The third kappa shape index (κ3) is 3.69. The van der Waals surface area contributed by atoms with E-state index in [9.17, 15) is 4.79 Å². The number of hydrogen-bond acceptors (Lipinski definition) is 1. The lowest BCUT2D eigenvalue weighted by Gasteiger charge is -2.38. The SMILES string of the molecule is CCCC[C@](C)(CC)C1C=CC(C(C)=O)CC1. The molecule has 0 fully saturated rings. The molecule has 3 atom stereocenters. The van der Waals surface area contributed by atoms with Crippen LogP contribution in [0.25, 0.3) is 0 Å². The molecule has 1 rings (SSSR count). The van der Waals surface area contributed by atoms with Crippen molar-refractivity contribution in [3.8, 4) is 0 Å². The van der Waals surface area contributed by atoms with Crippen LogP contribution in [0.1, 0.15) is 66.2 Å². The Labute approximate surface area is 107 Å². The maximum atomic E-state index is 11.3. The van der Waals surface area contributed by atoms with Crippen LogP contribution < -0.4 is 0 Å². The number of rotatable bonds is 6. The lowest BCUT2D eigenvalue weighted by atomic mass is 9.67. The number of allylic oxidation sites excluding steroid dienone is 2. The van der Waals surface area contributed by atoms with E-state index >= 15 is 0 Å². The predicted octanol–water partition coefficient (Wildman–Crippen LogP) is 4.76. The summed E-state index contributed by atoms with van der Waals surface area (Å²) in [7, 11) is 0. The van der Waals surface area contributed by atoms with Crippen molar-refractivity contribution in [3.05, 3.63) is 12.2 Å². The van der Waals surface area contributed by atoms with Crippen molar-refractivity contribution in [3.63, 3.8) is 0 Å². The minimum atomic E-state index is 0.193. The molecule has 0 saturated heterocycles. The lowest BCUT2D eigenvalue weighted by molar-refractivity contribution is -0.119. The summed E-state index contributed by atoms with van der Waals surface area (Å²) in [4.78, 5) is 11.3. The Kier molecular flexibility index (Phi) is 5.42. The van der Waals surface area contributed by atoms with Crippen LogP contribution in [-0.2, 0) is 4.79 Å². The maximum Gasteiger partial charge on any atom is 0.136 e. The number of Topliss-reactive ketones (excluding diaryl/α,β-unsaturated/α-hetero) is 1. The molecular weight excluding hydrogens is 208 g/mol. The summed E-state index contributed by atoms with van der Waals surface area (Å²) >= 11 is 0. The molecule has 0 aliphatic heterocycles. The molecule has 0 spiro atoms. The van der Waals surface area contributed by atoms with Crippen molar-refractivity contribution in [2.24, 2.45) is 17.3 Å². The largest absolute Gasteiger partial charge is 0.299 e. The van der Waals surface area contributed by atoms with Crippen molar-refractivity contribution >= 4 is 5.78 Å². The molecule has 0 saturated carbocycles. The van der Waals surface area contributed by atoms with E-state index in [4.69, 9.17) is 0 Å². The highest BCUT2D eigenvalue weighted by atomic mass is 16.1. The van der Waals surface area contributed by atoms with Gasteiger partial charge in [-0.15, -0.1) is 0 Å². The van der Waals surface area contributed by atoms with E-state index in [0.717, 1.165) is 6.42 Å². The molecule has 0 radical (unpaired) electrons. The van der Waals surface area contributed by atoms with Crippen molar-refractivity contribution in [2.75, 3.05) is 0 Å². The summed E-state index contributed by atoms with van der Waals surface area (Å²) in [5, 5.41) is 0. The second-order valence-corrected chi connectivity index (χ2v) is 5.90. The molecule has 98 valence electrons. The van der Waals surface area contributed by atoms with Gasteiger partial charge in [-0.3, -0.25) is 4.79 Å². The minimum absolute atomic E-state index is 0.193. The molecule has 0 heterocycles. The van der Waals surface area contributed by atoms with Crippen LogP contribution in [0, 0.1) is 17.3 Å². The van der Waals surface area contributed by atoms with E-state index in [1.54, 1.807) is 6.92 Å². The summed E-state index contributed by atoms with van der Waals surface area (Å²) in [6.45, 7) is 8.70. The Morgan fingerprint density at radius 1 is 1.29 bits per heavy atom. The fraction of sp³-hybridized carbons (Fsp3) is 0.812. The third-order valence-electron chi connectivity index (χ3n) is 4.69. The van der Waals surface area contributed by atoms with Gasteiger partial charge in [0.2, 0.25) is 0 Å². The summed E-state index contributed by atoms with van der Waals surface area (Å²) in [5.74, 6) is 1.19. The lowest BCUT2D eigenvalue weighted by Crippen LogP contribution is -2.29. The summed E-state index contributed by atoms with van der Waals surface area (Å²) in [6, 6.07) is 0. The van der Waals surface area contributed by atoms with Crippen LogP contribution in [0.4, 0.5) is 0 Å². The third-order valence-corrected chi connectivity index (χ3v) is 4.69. The van der Waals surface area contributed by atoms with Gasteiger partial charge in [-0.25, -0.2) is 0 Å². The van der Waals surface area contributed by atoms with E-state index in [1.165, 1.54) is 32.1 Å². The molecule has 0 aromatic rings. The van der Waals surface area contributed by atoms with Gasteiger partial charge in [0.15, 0.2) is 0 Å². The number of ketones is 1. The monoisotopic (exact) mass is 236 g/mol. The summed E-state index contributed by atoms with van der Waals surface area (Å²) in [6.07, 6.45) is 11.9. The topological polar surface area (TPSA) is 17.1 Å². The van der Waals surface area contributed by atoms with Gasteiger partial charge in [0.05, 0.1) is 0 Å². The first-order valence-corrected chi connectivity index (χ1v) is 7.22. The second-order valence-electron chi connectivity index (χ2n) is 5.90. The molecule has 1 heteroatoms. The average Bonchev–Trinajstić information content (AvgIpc) is 2.36. The van der Waals surface area contributed by atoms with Crippen LogP contribution in [-0.4, -0.2) is 5.78 Å². The van der Waals surface area contributed by atoms with Crippen LogP contribution in [0.15, 0.2) is 12.2 Å². The van der Waals surface area contributed by atoms with E-state index in [1.807, 2.05) is 0 Å². The predicted molar refractivity (Wildman–Crippen MR) is 74.0 cm³/mol. The number of carbonyl (C=O) groups excluding carboxylic acids is 1. The quantitative estimate of drug-likeness (QED) is 0.607. The van der Waals surface area contributed by atoms with Gasteiger partial charge in [0.1, 0.15) is 5.78 Å². The summed E-state index contributed by atoms with van der Waals surface area (Å²) < 4.78 is 0. The van der Waals surface area contributed by atoms with Crippen LogP contribution in [0.3, 0.4) is 0 Å². The standard InChI is InChI=1S/C16H28O/c1-5-7-12-16(4,6-2)15-10-8-14(9-11-15)13(3)17/h8,10,14-15H,5-7,9,11-12H2,1-4H3/t14?,15?,16-/m0/s1. The zero-order valence-electron chi connectivity index (χ0n) is 12.0. The molecule has 0 aromatic heterocycles. The zero-order valence-corrected chi connectivity index (χ0v) is 12.0. The van der Waals surface area contributed by atoms with E-state index in [2.05, 4.69) is 32.9 Å². The van der Waals surface area contributed by atoms with Gasteiger partial charge >= 0.3 is 0 Å². The Morgan fingerprint density at radius 3 is 2.41 bits per heavy atom. The van der Waals surface area contributed by atoms with Crippen molar-refractivity contribution in [1.29, 1.82) is 0 Å². The Balaban J connectivity index is 2.66. The van der Waals surface area contributed by atoms with E-state index < -0.39 is 0 Å². The van der Waals surface area contributed by atoms with Crippen molar-refractivity contribution < 1.29 is 4.79 Å². The number of unbranched alkanes of at least 4 members (excludes halogenated alkanes) is 1. The Morgan fingerprint density at radius 2 is 2.00 bits per heavy atom. The molecule has 1 nitrogen and oxygen atoms in total. The van der Waals surface area contributed by atoms with Crippen LogP contribution >= 0.6 is 0 Å². The van der Waals surface area contributed by atoms with Crippen LogP contribution in [0.5, 0.6) is 0 Å². The van der Waals surface area contributed by atoms with Gasteiger partial charge in [0, 0.05) is 5.92 Å². The molecule has 0 amide bonds. The van der Waals surface area contributed by atoms with Gasteiger partial charge in [0.25, 0.3) is 0 Å². The smallest absolute Gasteiger partial charge is 0.136 e. The number of hydrogen-bond donors (Lipinski definition) is 0. The first kappa shape index (κ1) is 14.5. The molecule has 0 N–H and O–H groups in total. The molecular formula is C16H28O. The molecule has 17 heavy (non-hydrogen) atoms. The molecule has 0 bridgehead atoms. The molecule has 2 unspecified atom stereocenters. The van der Waals surface area contributed by atoms with Gasteiger partial charge in [-0.05, 0) is 37.5 Å². The van der Waals surface area contributed by atoms with Gasteiger partial charge in [-0.2, -0.15) is 0 Å². The van der Waals surface area contributed by atoms with Gasteiger partial charge in [-0.1, -0.05) is 52.2 Å². The maximum absolute atomic E-state index is 11.3. The minimum Gasteiger partial charge on any atom is -0.299 e. The van der Waals surface area contributed by atoms with E-state index in [0.29, 0.717) is 17.1 Å². The highest BCUT2D eigenvalue weighted by Crippen LogP contribution is 2.42.